The number of aliphatic hydroxyl groups is 1. The van der Waals surface area contributed by atoms with Crippen molar-refractivity contribution in [3.05, 3.63) is 66.0 Å². The van der Waals surface area contributed by atoms with Gasteiger partial charge in [0.15, 0.2) is 0 Å². The molecule has 0 atom stereocenters. The van der Waals surface area contributed by atoms with Crippen LogP contribution in [0, 0.1) is 0 Å². The minimum absolute atomic E-state index is 0.273. The van der Waals surface area contributed by atoms with Crippen LogP contribution in [0.25, 0.3) is 0 Å². The maximum absolute atomic E-state index is 9.76. The Morgan fingerprint density at radius 3 is 2.73 bits per heavy atom. The lowest BCUT2D eigenvalue weighted by Gasteiger charge is -2.18. The Balaban J connectivity index is 2.36. The first kappa shape index (κ1) is 18.0. The van der Waals surface area contributed by atoms with Gasteiger partial charge >= 0.3 is 0 Å². The van der Waals surface area contributed by atoms with Crippen LogP contribution >= 0.6 is 0 Å². The SMILES string of the molecule is C=C/C=C(CNCCN(C)Cc1ccccc1O)\C(O)=C/C. The summed E-state index contributed by atoms with van der Waals surface area (Å²) in [7, 11) is 2.01. The Hall–Kier alpha value is -2.04. The minimum atomic E-state index is 0.273. The molecule has 1 aromatic carbocycles. The third-order valence-electron chi connectivity index (χ3n) is 3.34. The van der Waals surface area contributed by atoms with Crippen LogP contribution in [0.4, 0.5) is 0 Å². The molecular formula is C18H26N2O2. The molecule has 22 heavy (non-hydrogen) atoms. The Morgan fingerprint density at radius 2 is 2.09 bits per heavy atom. The largest absolute Gasteiger partial charge is 0.508 e. The number of nitrogens with one attached hydrogen (secondary N) is 1. The number of phenols is 1. The molecule has 3 N–H and O–H groups in total. The molecule has 0 spiro atoms. The number of aromatic hydroxyl groups is 1. The van der Waals surface area contributed by atoms with Gasteiger partial charge in [-0.3, -0.25) is 0 Å². The molecule has 4 nitrogen and oxygen atoms in total. The molecule has 0 saturated heterocycles. The van der Waals surface area contributed by atoms with E-state index < -0.39 is 0 Å². The number of hydrogen-bond donors (Lipinski definition) is 3. The van der Waals surface area contributed by atoms with Crippen molar-refractivity contribution in [1.82, 2.24) is 10.2 Å². The Kier molecular flexibility index (Phi) is 8.04. The van der Waals surface area contributed by atoms with Crippen LogP contribution < -0.4 is 5.32 Å². The van der Waals surface area contributed by atoms with E-state index in [0.717, 1.165) is 24.2 Å². The zero-order chi connectivity index (χ0) is 16.4. The summed E-state index contributed by atoms with van der Waals surface area (Å²) in [4.78, 5) is 2.13. The van der Waals surface area contributed by atoms with E-state index in [1.54, 1.807) is 31.2 Å². The monoisotopic (exact) mass is 302 g/mol. The lowest BCUT2D eigenvalue weighted by atomic mass is 10.2. The summed E-state index contributed by atoms with van der Waals surface area (Å²) in [5, 5.41) is 22.8. The minimum Gasteiger partial charge on any atom is -0.508 e. The Morgan fingerprint density at radius 1 is 1.36 bits per heavy atom. The van der Waals surface area contributed by atoms with Crippen LogP contribution in [0.3, 0.4) is 0 Å². The number of likely N-dealkylation sites (N-methyl/N-ethyl adjacent to an activating group) is 1. The second-order valence-electron chi connectivity index (χ2n) is 5.14. The van der Waals surface area contributed by atoms with Crippen molar-refractivity contribution in [3.8, 4) is 5.75 Å². The van der Waals surface area contributed by atoms with E-state index in [0.29, 0.717) is 18.8 Å². The fourth-order valence-corrected chi connectivity index (χ4v) is 2.07. The van der Waals surface area contributed by atoms with Crippen molar-refractivity contribution >= 4 is 0 Å². The molecule has 1 rings (SSSR count). The molecule has 0 bridgehead atoms. The maximum atomic E-state index is 9.76. The summed E-state index contributed by atoms with van der Waals surface area (Å²) < 4.78 is 0. The Labute approximate surface area is 133 Å². The van der Waals surface area contributed by atoms with Crippen molar-refractivity contribution in [2.45, 2.75) is 13.5 Å². The predicted octanol–water partition coefficient (Wildman–Crippen LogP) is 2.99. The quantitative estimate of drug-likeness (QED) is 0.373. The number of para-hydroxylation sites is 1. The fourth-order valence-electron chi connectivity index (χ4n) is 2.07. The van der Waals surface area contributed by atoms with Gasteiger partial charge in [0, 0.05) is 37.3 Å². The number of phenolic OH excluding ortho intramolecular Hbond substituents is 1. The smallest absolute Gasteiger partial charge is 0.120 e. The number of benzene rings is 1. The highest BCUT2D eigenvalue weighted by Crippen LogP contribution is 2.16. The molecule has 0 aliphatic rings. The molecule has 0 aliphatic carbocycles. The molecule has 0 saturated carbocycles. The lowest BCUT2D eigenvalue weighted by Crippen LogP contribution is -2.30. The second kappa shape index (κ2) is 9.82. The van der Waals surface area contributed by atoms with Crippen molar-refractivity contribution in [2.24, 2.45) is 0 Å². The standard InChI is InChI=1S/C18H26N2O2/c1-4-8-15(17(21)5-2)13-19-11-12-20(3)14-16-9-6-7-10-18(16)22/h4-10,19,21-22H,1,11-14H2,2-3H3/b15-8-,17-5+. The molecule has 1 aromatic rings. The molecule has 0 fully saturated rings. The molecule has 4 heteroatoms. The third-order valence-corrected chi connectivity index (χ3v) is 3.34. The molecule has 120 valence electrons. The summed E-state index contributed by atoms with van der Waals surface area (Å²) >= 11 is 0. The van der Waals surface area contributed by atoms with Gasteiger partial charge in [0.2, 0.25) is 0 Å². The molecule has 0 aliphatic heterocycles. The van der Waals surface area contributed by atoms with Crippen LogP contribution in [0.5, 0.6) is 5.75 Å². The van der Waals surface area contributed by atoms with E-state index in [1.807, 2.05) is 25.2 Å². The topological polar surface area (TPSA) is 55.7 Å². The van der Waals surface area contributed by atoms with Gasteiger partial charge in [-0.2, -0.15) is 0 Å². The van der Waals surface area contributed by atoms with E-state index in [-0.39, 0.29) is 5.76 Å². The van der Waals surface area contributed by atoms with Gasteiger partial charge in [-0.1, -0.05) is 36.9 Å². The third kappa shape index (κ3) is 6.16. The molecule has 0 aromatic heterocycles. The Bertz CT molecular complexity index is 536. The van der Waals surface area contributed by atoms with Crippen LogP contribution in [0.1, 0.15) is 12.5 Å². The highest BCUT2D eigenvalue weighted by atomic mass is 16.3. The highest BCUT2D eigenvalue weighted by molar-refractivity contribution is 5.31. The van der Waals surface area contributed by atoms with Gasteiger partial charge in [-0.25, -0.2) is 0 Å². The van der Waals surface area contributed by atoms with E-state index in [2.05, 4.69) is 16.8 Å². The van der Waals surface area contributed by atoms with Gasteiger partial charge in [0.1, 0.15) is 11.5 Å². The van der Waals surface area contributed by atoms with Gasteiger partial charge in [-0.05, 0) is 26.1 Å². The first-order chi connectivity index (χ1) is 10.6. The van der Waals surface area contributed by atoms with Crippen LogP contribution in [-0.2, 0) is 6.54 Å². The average molecular weight is 302 g/mol. The number of aliphatic hydroxyl groups excluding tert-OH is 1. The summed E-state index contributed by atoms with van der Waals surface area (Å²) in [6.45, 7) is 8.37. The van der Waals surface area contributed by atoms with E-state index in [1.165, 1.54) is 0 Å². The molecule has 0 amide bonds. The van der Waals surface area contributed by atoms with Crippen LogP contribution in [-0.4, -0.2) is 41.8 Å². The van der Waals surface area contributed by atoms with Gasteiger partial charge in [0.25, 0.3) is 0 Å². The fraction of sp³-hybridized carbons (Fsp3) is 0.333. The molecule has 0 radical (unpaired) electrons. The lowest BCUT2D eigenvalue weighted by molar-refractivity contribution is 0.319. The van der Waals surface area contributed by atoms with E-state index in [9.17, 15) is 10.2 Å². The van der Waals surface area contributed by atoms with Crippen molar-refractivity contribution < 1.29 is 10.2 Å². The van der Waals surface area contributed by atoms with E-state index >= 15 is 0 Å². The molecular weight excluding hydrogens is 276 g/mol. The van der Waals surface area contributed by atoms with E-state index in [4.69, 9.17) is 0 Å². The number of nitrogens with zero attached hydrogens (tertiary/aromatic N) is 1. The van der Waals surface area contributed by atoms with Crippen LogP contribution in [0.15, 0.2) is 60.4 Å². The first-order valence-electron chi connectivity index (χ1n) is 7.41. The first-order valence-corrected chi connectivity index (χ1v) is 7.41. The van der Waals surface area contributed by atoms with Crippen molar-refractivity contribution in [3.63, 3.8) is 0 Å². The van der Waals surface area contributed by atoms with Gasteiger partial charge < -0.3 is 20.4 Å². The summed E-state index contributed by atoms with van der Waals surface area (Å²) in [6.07, 6.45) is 5.14. The number of allylic oxidation sites excluding steroid dienone is 3. The highest BCUT2D eigenvalue weighted by Gasteiger charge is 2.05. The maximum Gasteiger partial charge on any atom is 0.120 e. The van der Waals surface area contributed by atoms with Gasteiger partial charge in [-0.15, -0.1) is 0 Å². The summed E-state index contributed by atoms with van der Waals surface area (Å²) in [5.41, 5.74) is 1.74. The summed E-state index contributed by atoms with van der Waals surface area (Å²) in [5.74, 6) is 0.603. The van der Waals surface area contributed by atoms with Crippen molar-refractivity contribution in [2.75, 3.05) is 26.7 Å². The van der Waals surface area contributed by atoms with Crippen LogP contribution in [0.2, 0.25) is 0 Å². The normalized spacial score (nSPS) is 12.7. The molecule has 0 unspecified atom stereocenters. The zero-order valence-corrected chi connectivity index (χ0v) is 13.4. The predicted molar refractivity (Wildman–Crippen MR) is 92.0 cm³/mol. The second-order valence-corrected chi connectivity index (χ2v) is 5.14. The van der Waals surface area contributed by atoms with Crippen molar-refractivity contribution in [1.29, 1.82) is 0 Å². The van der Waals surface area contributed by atoms with Gasteiger partial charge in [0.05, 0.1) is 0 Å². The number of hydrogen-bond acceptors (Lipinski definition) is 4. The average Bonchev–Trinajstić information content (AvgIpc) is 2.52. The zero-order valence-electron chi connectivity index (χ0n) is 13.4. The number of rotatable bonds is 9. The summed E-state index contributed by atoms with van der Waals surface area (Å²) in [6, 6.07) is 7.37. The molecule has 0 heterocycles.